The maximum Gasteiger partial charge on any atom is 2.00 e. The Morgan fingerprint density at radius 1 is 0.515 bits per heavy atom. The van der Waals surface area contributed by atoms with E-state index in [0.717, 1.165) is 124 Å². The number of ketones is 6. The van der Waals surface area contributed by atoms with Crippen LogP contribution in [0.5, 0.6) is 0 Å². The van der Waals surface area contributed by atoms with E-state index in [9.17, 15) is 43.8 Å². The fourth-order valence-electron chi connectivity index (χ4n) is 12.5. The van der Waals surface area contributed by atoms with Gasteiger partial charge in [-0.25, -0.2) is 0 Å². The quantitative estimate of drug-likeness (QED) is 0.0481. The van der Waals surface area contributed by atoms with Crippen LogP contribution in [0, 0.1) is 93.1 Å². The zero-order valence-corrected chi connectivity index (χ0v) is 74.1. The van der Waals surface area contributed by atoms with E-state index in [4.69, 9.17) is 9.15 Å². The molecule has 103 heavy (non-hydrogen) atoms. The monoisotopic (exact) mass is 1920 g/mol. The van der Waals surface area contributed by atoms with Crippen LogP contribution in [-0.4, -0.2) is 87.5 Å². The van der Waals surface area contributed by atoms with E-state index in [1.807, 2.05) is 150 Å². The Kier molecular flexibility index (Phi) is 39.3. The standard InChI is InChI=1S/C14H15BrO2.2C13H13BrO2.C13H11BrO2.C13H13BrO2.C8H8BrI.C5H4O2.C3H7.ClH.Mg/c1-8-6-10(15)7-9(2)13(8)14-11(16)4-5-12(14)17-3;3*1-7-5-9(14)6-8(2)12(7)13-10(15)3-4-11(13)16;1-8-6-10(14)7-9(2)12(8)13(15)11-4-3-5-16-11;1-5-3-7(9)4-6(2)8(5)10;6-4-5-2-1-3-7-5;1-3-2;;/h6-7H,4-5H2,1-3H3;5-6,13H,3-4H2,1-2H3;3-6,10,13,15H,1-2H3;3-6,13H,1-2H3;3-7,13,15H,1-2H3;3-4H,1-2H3;1-4H;3H,1-2H3;1H;/q;;;;;;;-1;;+2/p-1. The molecule has 0 aliphatic heterocycles. The Morgan fingerprint density at radius 3 is 1.23 bits per heavy atom. The van der Waals surface area contributed by atoms with Crippen molar-refractivity contribution in [3.63, 3.8) is 0 Å². The molecule has 542 valence electrons. The number of furan rings is 2. The van der Waals surface area contributed by atoms with E-state index in [1.54, 1.807) is 43.7 Å². The third kappa shape index (κ3) is 25.7. The van der Waals surface area contributed by atoms with Crippen molar-refractivity contribution >= 4 is 188 Å². The Labute approximate surface area is 692 Å². The van der Waals surface area contributed by atoms with E-state index in [-0.39, 0.29) is 70.2 Å². The van der Waals surface area contributed by atoms with Crippen molar-refractivity contribution in [3.8, 4) is 0 Å². The van der Waals surface area contributed by atoms with Crippen molar-refractivity contribution in [2.24, 2.45) is 0 Å². The van der Waals surface area contributed by atoms with Gasteiger partial charge in [-0.2, -0.15) is 13.8 Å². The summed E-state index contributed by atoms with van der Waals surface area (Å²) in [4.78, 5) is 80.3. The molecule has 4 aliphatic rings. The summed E-state index contributed by atoms with van der Waals surface area (Å²) in [7, 11) is 1.64. The Morgan fingerprint density at radius 2 is 0.883 bits per heavy atom. The number of aliphatic hydroxyl groups is 2. The molecular weight excluding hydrogens is 1840 g/mol. The number of halogens is 8. The largest absolute Gasteiger partial charge is 2.00 e. The third-order valence-corrected chi connectivity index (χ3v) is 21.2. The van der Waals surface area contributed by atoms with Crippen LogP contribution in [0.15, 0.2) is 175 Å². The number of aliphatic hydroxyl groups excluding tert-OH is 2. The maximum absolute atomic E-state index is 12.0. The minimum absolute atomic E-state index is 0. The number of methoxy groups -OCH3 is 1. The minimum Gasteiger partial charge on any atom is -1.00 e. The molecule has 0 amide bonds. The van der Waals surface area contributed by atoms with Gasteiger partial charge in [-0.05, 0) is 316 Å². The Balaban J connectivity index is 0.000000313. The molecule has 8 aromatic rings. The van der Waals surface area contributed by atoms with Crippen LogP contribution >= 0.6 is 118 Å². The number of benzene rings is 6. The van der Waals surface area contributed by atoms with Crippen molar-refractivity contribution in [3.05, 3.63) is 283 Å². The molecule has 12 rings (SSSR count). The van der Waals surface area contributed by atoms with Gasteiger partial charge >= 0.3 is 23.1 Å². The number of allylic oxidation sites excluding steroid dienone is 5. The van der Waals surface area contributed by atoms with Crippen LogP contribution < -0.4 is 12.4 Å². The fraction of sp³-hybridized carbons (Fsp3) is 0.293. The second-order valence-corrected chi connectivity index (χ2v) is 31.4. The normalized spacial score (nSPS) is 15.2. The summed E-state index contributed by atoms with van der Waals surface area (Å²) in [5.74, 6) is 0.317. The third-order valence-electron chi connectivity index (χ3n) is 16.7. The molecule has 1 fully saturated rings. The fourth-order valence-corrected chi connectivity index (χ4v) is 16.9. The first-order valence-electron chi connectivity index (χ1n) is 32.3. The van der Waals surface area contributed by atoms with Crippen molar-refractivity contribution < 1.29 is 69.8 Å². The first-order valence-corrected chi connectivity index (χ1v) is 38.2. The van der Waals surface area contributed by atoms with E-state index >= 15 is 0 Å². The molecule has 0 saturated heterocycles. The zero-order valence-electron chi connectivity index (χ0n) is 60.3. The molecule has 12 nitrogen and oxygen atoms in total. The van der Waals surface area contributed by atoms with Crippen LogP contribution in [-0.2, 0) is 33.5 Å². The number of rotatable bonds is 8. The van der Waals surface area contributed by atoms with Crippen LogP contribution in [0.4, 0.5) is 0 Å². The number of carbonyl (C=O) groups excluding carboxylic acids is 7. The summed E-state index contributed by atoms with van der Waals surface area (Å²) in [6.07, 6.45) is 12.2. The number of hydrogen-bond acceptors (Lipinski definition) is 12. The molecule has 4 aliphatic carbocycles. The molecule has 2 heterocycles. The number of Topliss-reactive ketones (excluding diaryl/α,β-unsaturated/α-hetero) is 3. The molecule has 6 aromatic carbocycles. The van der Waals surface area contributed by atoms with Gasteiger partial charge in [-0.3, -0.25) is 33.6 Å². The summed E-state index contributed by atoms with van der Waals surface area (Å²) >= 11 is 23.0. The molecular formula is C82H84Br6ClIMgO12. The number of carbonyl (C=O) groups is 7. The van der Waals surface area contributed by atoms with Crippen LogP contribution in [0.25, 0.3) is 5.57 Å². The maximum atomic E-state index is 12.0. The SMILES string of the molecule is COC1=C(c2c(C)cc(Br)cc2C)C(=O)CC1.C[CH-]C.Cc1cc(Br)cc(C)c1C(O)c1ccco1.Cc1cc(Br)cc(C)c1C1C(=O)C=CC1=O.Cc1cc(Br)cc(C)c1C1C(=O)C=CC1O.Cc1cc(Br)cc(C)c1C1C(=O)CCC1=O.Cc1cc(Br)cc(C)c1I.O=Cc1ccco1.[Cl-].[Mg+2]. The summed E-state index contributed by atoms with van der Waals surface area (Å²) in [5.41, 5.74) is 18.5. The molecule has 2 N–H and O–H groups in total. The van der Waals surface area contributed by atoms with E-state index in [0.29, 0.717) is 37.1 Å². The van der Waals surface area contributed by atoms with Crippen molar-refractivity contribution in [2.45, 2.75) is 153 Å². The minimum atomic E-state index is -0.692. The number of hydrogen-bond donors (Lipinski definition) is 2. The topological polar surface area (TPSA) is 195 Å². The summed E-state index contributed by atoms with van der Waals surface area (Å²) in [6.45, 7) is 27.9. The van der Waals surface area contributed by atoms with Gasteiger partial charge in [0.25, 0.3) is 0 Å². The Hall–Kier alpha value is -4.82. The second kappa shape index (κ2) is 43.8. The molecule has 0 radical (unpaired) electrons. The smallest absolute Gasteiger partial charge is 1.00 e. The molecule has 3 unspecified atom stereocenters. The second-order valence-electron chi connectivity index (χ2n) is 24.8. The molecule has 0 bridgehead atoms. The predicted molar refractivity (Wildman–Crippen MR) is 438 cm³/mol. The van der Waals surface area contributed by atoms with Crippen molar-refractivity contribution in [1.29, 1.82) is 0 Å². The Bertz CT molecular complexity index is 4220. The van der Waals surface area contributed by atoms with Gasteiger partial charge in [0, 0.05) is 56.1 Å². The van der Waals surface area contributed by atoms with Crippen molar-refractivity contribution in [2.75, 3.05) is 7.11 Å². The first kappa shape index (κ1) is 92.4. The van der Waals surface area contributed by atoms with Gasteiger partial charge in [0.15, 0.2) is 35.2 Å². The molecule has 2 aromatic heterocycles. The van der Waals surface area contributed by atoms with Gasteiger partial charge in [-0.15, -0.1) is 0 Å². The van der Waals surface area contributed by atoms with E-state index < -0.39 is 30.0 Å². The van der Waals surface area contributed by atoms with E-state index in [1.165, 1.54) is 43.7 Å². The number of ether oxygens (including phenoxy) is 1. The summed E-state index contributed by atoms with van der Waals surface area (Å²) in [5, 5.41) is 20.0. The van der Waals surface area contributed by atoms with E-state index in [2.05, 4.69) is 149 Å². The van der Waals surface area contributed by atoms with Crippen LogP contribution in [0.2, 0.25) is 0 Å². The summed E-state index contributed by atoms with van der Waals surface area (Å²) < 4.78 is 22.7. The molecule has 0 spiro atoms. The van der Waals surface area contributed by atoms with Gasteiger partial charge in [0.1, 0.15) is 41.0 Å². The zero-order chi connectivity index (χ0) is 75.4. The summed E-state index contributed by atoms with van der Waals surface area (Å²) in [6, 6.07) is 30.9. The molecule has 21 heteroatoms. The van der Waals surface area contributed by atoms with Crippen LogP contribution in [0.3, 0.4) is 0 Å². The van der Waals surface area contributed by atoms with Gasteiger partial charge < -0.3 is 42.6 Å². The first-order chi connectivity index (χ1) is 47.6. The molecule has 1 saturated carbocycles. The van der Waals surface area contributed by atoms with Gasteiger partial charge in [0.2, 0.25) is 0 Å². The average Bonchev–Trinajstić information content (AvgIpc) is 1.73. The van der Waals surface area contributed by atoms with Crippen LogP contribution in [0.1, 0.15) is 174 Å². The molecule has 3 atom stereocenters. The number of aryl methyl sites for hydroxylation is 12. The van der Waals surface area contributed by atoms with Crippen molar-refractivity contribution in [1.82, 2.24) is 0 Å². The average molecular weight is 1930 g/mol. The predicted octanol–water partition coefficient (Wildman–Crippen LogP) is 18.7. The number of aldehydes is 1. The van der Waals surface area contributed by atoms with Gasteiger partial charge in [0.05, 0.1) is 37.2 Å². The van der Waals surface area contributed by atoms with Gasteiger partial charge in [-0.1, -0.05) is 102 Å².